The molecule has 3 atom stereocenters. The van der Waals surface area contributed by atoms with Crippen molar-refractivity contribution in [2.75, 3.05) is 26.4 Å². The van der Waals surface area contributed by atoms with Crippen LogP contribution in [0.15, 0.2) is 0 Å². The number of aliphatic carboxylic acids is 1. The Morgan fingerprint density at radius 1 is 0.475 bits per heavy atom. The Bertz CT molecular complexity index is 955. The molecule has 10 nitrogen and oxygen atoms in total. The van der Waals surface area contributed by atoms with Gasteiger partial charge < -0.3 is 25.2 Å². The Morgan fingerprint density at radius 2 is 0.780 bits per heavy atom. The van der Waals surface area contributed by atoms with Crippen LogP contribution in [0.5, 0.6) is 0 Å². The quantitative estimate of drug-likeness (QED) is 0.0306. The van der Waals surface area contributed by atoms with Gasteiger partial charge in [0.2, 0.25) is 0 Å². The molecule has 0 radical (unpaired) electrons. The lowest BCUT2D eigenvalue weighted by atomic mass is 10.0. The average Bonchev–Trinajstić information content (AvgIpc) is 3.21. The van der Waals surface area contributed by atoms with E-state index >= 15 is 0 Å². The lowest BCUT2D eigenvalue weighted by Crippen LogP contribution is -2.34. The number of carbonyl (C=O) groups is 2. The van der Waals surface area contributed by atoms with Crippen molar-refractivity contribution in [3.05, 3.63) is 0 Å². The van der Waals surface area contributed by atoms with Crippen LogP contribution in [0.4, 0.5) is 0 Å². The van der Waals surface area contributed by atoms with E-state index in [0.29, 0.717) is 6.61 Å². The number of phosphoric ester groups is 1. The molecule has 0 bridgehead atoms. The number of carboxylic acid groups (broad SMARTS) is 1. The Balaban J connectivity index is 4.06. The summed E-state index contributed by atoms with van der Waals surface area (Å²) in [5, 5.41) is 8.92. The van der Waals surface area contributed by atoms with E-state index < -0.39 is 45.1 Å². The van der Waals surface area contributed by atoms with Crippen LogP contribution in [0.2, 0.25) is 0 Å². The topological polar surface area (TPSA) is 155 Å². The molecule has 0 aliphatic heterocycles. The molecule has 11 heteroatoms. The predicted molar refractivity (Wildman–Crippen MR) is 245 cm³/mol. The van der Waals surface area contributed by atoms with Gasteiger partial charge in [-0.15, -0.1) is 0 Å². The van der Waals surface area contributed by atoms with Gasteiger partial charge in [-0.1, -0.05) is 239 Å². The molecular formula is C48H96NO9P. The zero-order valence-electron chi connectivity index (χ0n) is 38.6. The Hall–Kier alpha value is -1.03. The maximum Gasteiger partial charge on any atom is 0.472 e. The smallest absolute Gasteiger partial charge is 0.472 e. The van der Waals surface area contributed by atoms with Gasteiger partial charge in [-0.25, -0.2) is 4.57 Å². The first-order chi connectivity index (χ1) is 28.7. The van der Waals surface area contributed by atoms with Gasteiger partial charge in [0.15, 0.2) is 0 Å². The first-order valence-electron chi connectivity index (χ1n) is 25.1. The van der Waals surface area contributed by atoms with Gasteiger partial charge in [-0.3, -0.25) is 18.6 Å². The minimum absolute atomic E-state index is 0.0263. The number of hydrogen-bond donors (Lipinski definition) is 3. The molecule has 0 aromatic carbocycles. The minimum Gasteiger partial charge on any atom is -0.480 e. The predicted octanol–water partition coefficient (Wildman–Crippen LogP) is 14.3. The fourth-order valence-electron chi connectivity index (χ4n) is 7.49. The van der Waals surface area contributed by atoms with E-state index in [9.17, 15) is 19.0 Å². The van der Waals surface area contributed by atoms with Gasteiger partial charge in [0, 0.05) is 13.0 Å². The van der Waals surface area contributed by atoms with E-state index in [-0.39, 0.29) is 13.0 Å². The van der Waals surface area contributed by atoms with Crippen molar-refractivity contribution in [1.29, 1.82) is 0 Å². The van der Waals surface area contributed by atoms with Gasteiger partial charge in [0.1, 0.15) is 12.1 Å². The molecule has 0 fully saturated rings. The van der Waals surface area contributed by atoms with Crippen LogP contribution in [-0.2, 0) is 32.7 Å². The van der Waals surface area contributed by atoms with Crippen LogP contribution in [-0.4, -0.2) is 60.5 Å². The third kappa shape index (κ3) is 44.8. The van der Waals surface area contributed by atoms with Crippen molar-refractivity contribution >= 4 is 19.8 Å². The van der Waals surface area contributed by atoms with Crippen LogP contribution < -0.4 is 5.73 Å². The summed E-state index contributed by atoms with van der Waals surface area (Å²) in [4.78, 5) is 33.6. The highest BCUT2D eigenvalue weighted by Crippen LogP contribution is 2.43. The largest absolute Gasteiger partial charge is 0.480 e. The number of rotatable bonds is 49. The number of carboxylic acids is 1. The lowest BCUT2D eigenvalue weighted by molar-refractivity contribution is -0.154. The summed E-state index contributed by atoms with van der Waals surface area (Å²) in [6.07, 6.45) is 47.3. The van der Waals surface area contributed by atoms with E-state index in [2.05, 4.69) is 13.8 Å². The van der Waals surface area contributed by atoms with E-state index in [1.807, 2.05) is 0 Å². The number of hydrogen-bond acceptors (Lipinski definition) is 8. The maximum absolute atomic E-state index is 12.7. The van der Waals surface area contributed by atoms with E-state index in [4.69, 9.17) is 29.4 Å². The number of ether oxygens (including phenoxy) is 2. The van der Waals surface area contributed by atoms with Crippen molar-refractivity contribution < 1.29 is 42.7 Å². The molecule has 0 spiro atoms. The molecular weight excluding hydrogens is 765 g/mol. The van der Waals surface area contributed by atoms with Gasteiger partial charge >= 0.3 is 19.8 Å². The second-order valence-electron chi connectivity index (χ2n) is 17.3. The second kappa shape index (κ2) is 45.0. The second-order valence-corrected chi connectivity index (χ2v) is 18.8. The van der Waals surface area contributed by atoms with E-state index in [0.717, 1.165) is 38.5 Å². The Kier molecular flexibility index (Phi) is 44.2. The first-order valence-corrected chi connectivity index (χ1v) is 26.6. The number of nitrogens with two attached hydrogens (primary N) is 1. The summed E-state index contributed by atoms with van der Waals surface area (Å²) in [5.41, 5.74) is 5.37. The lowest BCUT2D eigenvalue weighted by Gasteiger charge is -2.20. The molecule has 0 aliphatic carbocycles. The van der Waals surface area contributed by atoms with Crippen molar-refractivity contribution in [2.45, 2.75) is 270 Å². The minimum atomic E-state index is -4.61. The van der Waals surface area contributed by atoms with Crippen molar-refractivity contribution in [1.82, 2.24) is 0 Å². The summed E-state index contributed by atoms with van der Waals surface area (Å²) in [6, 6.07) is -1.47. The molecule has 59 heavy (non-hydrogen) atoms. The highest BCUT2D eigenvalue weighted by atomic mass is 31.2. The van der Waals surface area contributed by atoms with E-state index in [1.165, 1.54) is 199 Å². The molecule has 0 rings (SSSR count). The number of unbranched alkanes of at least 4 members (excludes halogenated alkanes) is 35. The zero-order valence-corrected chi connectivity index (χ0v) is 39.5. The van der Waals surface area contributed by atoms with Crippen LogP contribution in [0, 0.1) is 0 Å². The Labute approximate surface area is 363 Å². The molecule has 0 saturated carbocycles. The molecule has 0 saturated heterocycles. The number of esters is 1. The van der Waals surface area contributed by atoms with Crippen LogP contribution in [0.25, 0.3) is 0 Å². The molecule has 0 heterocycles. The normalized spacial score (nSPS) is 13.7. The number of carbonyl (C=O) groups excluding carboxylic acids is 1. The molecule has 3 unspecified atom stereocenters. The fraction of sp³-hybridized carbons (Fsp3) is 0.958. The fourth-order valence-corrected chi connectivity index (χ4v) is 8.27. The molecule has 4 N–H and O–H groups in total. The van der Waals surface area contributed by atoms with Crippen molar-refractivity contribution in [3.63, 3.8) is 0 Å². The molecule has 0 aromatic heterocycles. The zero-order chi connectivity index (χ0) is 43.3. The van der Waals surface area contributed by atoms with Gasteiger partial charge in [0.25, 0.3) is 0 Å². The highest BCUT2D eigenvalue weighted by Gasteiger charge is 2.27. The van der Waals surface area contributed by atoms with Crippen molar-refractivity contribution in [3.8, 4) is 0 Å². The van der Waals surface area contributed by atoms with Crippen molar-refractivity contribution in [2.24, 2.45) is 5.73 Å². The monoisotopic (exact) mass is 862 g/mol. The summed E-state index contributed by atoms with van der Waals surface area (Å²) in [5.74, 6) is -1.76. The maximum atomic E-state index is 12.7. The number of phosphoric acid groups is 1. The standard InChI is InChI=1S/C48H96NO9P/c1-3-5-7-9-11-13-15-17-19-20-21-22-23-24-25-27-29-31-33-35-37-39-41-55-42-45(43-56-59(53,54)57-44-46(49)48(51)52)58-47(50)40-38-36-34-32-30-28-26-18-16-14-12-10-8-6-4-2/h45-46H,3-44,49H2,1-2H3,(H,51,52)(H,53,54). The molecule has 0 aliphatic rings. The highest BCUT2D eigenvalue weighted by molar-refractivity contribution is 7.47. The first kappa shape index (κ1) is 58.0. The summed E-state index contributed by atoms with van der Waals surface area (Å²) < 4.78 is 33.5. The summed E-state index contributed by atoms with van der Waals surface area (Å²) >= 11 is 0. The van der Waals surface area contributed by atoms with Crippen LogP contribution in [0.1, 0.15) is 258 Å². The van der Waals surface area contributed by atoms with Crippen LogP contribution >= 0.6 is 7.82 Å². The van der Waals surface area contributed by atoms with Crippen LogP contribution in [0.3, 0.4) is 0 Å². The summed E-state index contributed by atoms with van der Waals surface area (Å²) in [7, 11) is -4.61. The third-order valence-electron chi connectivity index (χ3n) is 11.4. The SMILES string of the molecule is CCCCCCCCCCCCCCCCCCCCCCCCOCC(COP(=O)(O)OCC(N)C(=O)O)OC(=O)CCCCCCCCCCCCCCCCC. The summed E-state index contributed by atoms with van der Waals surface area (Å²) in [6.45, 7) is 3.95. The molecule has 352 valence electrons. The third-order valence-corrected chi connectivity index (χ3v) is 12.3. The Morgan fingerprint density at radius 3 is 1.12 bits per heavy atom. The molecule has 0 amide bonds. The molecule has 0 aromatic rings. The average molecular weight is 862 g/mol. The van der Waals surface area contributed by atoms with Gasteiger partial charge in [-0.05, 0) is 12.8 Å². The van der Waals surface area contributed by atoms with Gasteiger partial charge in [0.05, 0.1) is 19.8 Å². The van der Waals surface area contributed by atoms with Gasteiger partial charge in [-0.2, -0.15) is 0 Å². The van der Waals surface area contributed by atoms with E-state index in [1.54, 1.807) is 0 Å².